The lowest BCUT2D eigenvalue weighted by molar-refractivity contribution is 0.181. The Morgan fingerprint density at radius 2 is 1.71 bits per heavy atom. The van der Waals surface area contributed by atoms with E-state index in [1.165, 1.54) is 4.31 Å². The van der Waals surface area contributed by atoms with Crippen LogP contribution in [0.1, 0.15) is 37.4 Å². The van der Waals surface area contributed by atoms with Crippen LogP contribution in [0.15, 0.2) is 24.3 Å². The quantitative estimate of drug-likeness (QED) is 0.707. The third-order valence-corrected chi connectivity index (χ3v) is 5.26. The average molecular weight is 313 g/mol. The predicted octanol–water partition coefficient (Wildman–Crippen LogP) is 1.01. The summed E-state index contributed by atoms with van der Waals surface area (Å²) >= 11 is 0. The van der Waals surface area contributed by atoms with Gasteiger partial charge in [-0.2, -0.15) is 17.4 Å². The summed E-state index contributed by atoms with van der Waals surface area (Å²) in [5, 5.41) is 10.0. The Kier molecular flexibility index (Phi) is 5.58. The molecule has 0 radical (unpaired) electrons. The Morgan fingerprint density at radius 3 is 2.29 bits per heavy atom. The largest absolute Gasteiger partial charge is 0.399 e. The number of nitrogens with zero attached hydrogens (tertiary/aromatic N) is 1. The zero-order chi connectivity index (χ0) is 15.3. The molecule has 0 bridgehead atoms. The number of benzene rings is 1. The van der Waals surface area contributed by atoms with Crippen molar-refractivity contribution >= 4 is 15.9 Å². The molecule has 1 atom stereocenters. The molecule has 0 amide bonds. The highest BCUT2D eigenvalue weighted by atomic mass is 32.2. The maximum Gasteiger partial charge on any atom is 0.279 e. The first-order valence-electron chi connectivity index (χ1n) is 7.27. The number of anilines is 1. The molecule has 21 heavy (non-hydrogen) atoms. The fraction of sp³-hybridized carbons (Fsp3) is 0.571. The van der Waals surface area contributed by atoms with Crippen LogP contribution >= 0.6 is 0 Å². The molecular weight excluding hydrogens is 290 g/mol. The number of nitrogens with one attached hydrogen (secondary N) is 1. The fourth-order valence-corrected chi connectivity index (χ4v) is 3.68. The van der Waals surface area contributed by atoms with E-state index in [4.69, 9.17) is 5.73 Å². The zero-order valence-corrected chi connectivity index (χ0v) is 12.8. The van der Waals surface area contributed by atoms with Crippen LogP contribution in [0.5, 0.6) is 0 Å². The van der Waals surface area contributed by atoms with Crippen molar-refractivity contribution in [1.82, 2.24) is 9.03 Å². The summed E-state index contributed by atoms with van der Waals surface area (Å²) in [6.45, 7) is 1.06. The van der Waals surface area contributed by atoms with Crippen molar-refractivity contribution < 1.29 is 13.5 Å². The van der Waals surface area contributed by atoms with Crippen LogP contribution in [-0.4, -0.2) is 37.5 Å². The molecular formula is C14H23N3O3S. The highest BCUT2D eigenvalue weighted by molar-refractivity contribution is 7.87. The minimum absolute atomic E-state index is 0.0389. The molecule has 2 rings (SSSR count). The lowest BCUT2D eigenvalue weighted by atomic mass is 10.1. The molecule has 0 spiro atoms. The molecule has 1 aliphatic rings. The summed E-state index contributed by atoms with van der Waals surface area (Å²) in [4.78, 5) is 0. The van der Waals surface area contributed by atoms with Crippen molar-refractivity contribution in [3.05, 3.63) is 29.8 Å². The summed E-state index contributed by atoms with van der Waals surface area (Å²) in [6, 6.07) is 6.75. The monoisotopic (exact) mass is 313 g/mol. The number of rotatable bonds is 5. The Hall–Kier alpha value is -1.15. The molecule has 1 heterocycles. The topological polar surface area (TPSA) is 95.7 Å². The van der Waals surface area contributed by atoms with Gasteiger partial charge in [0.25, 0.3) is 10.2 Å². The molecule has 118 valence electrons. The Morgan fingerprint density at radius 1 is 1.14 bits per heavy atom. The maximum atomic E-state index is 12.2. The third-order valence-electron chi connectivity index (χ3n) is 3.69. The van der Waals surface area contributed by atoms with Crippen molar-refractivity contribution in [1.29, 1.82) is 0 Å². The van der Waals surface area contributed by atoms with Crippen LogP contribution < -0.4 is 10.5 Å². The Bertz CT molecular complexity index is 537. The van der Waals surface area contributed by atoms with Gasteiger partial charge in [-0.1, -0.05) is 25.0 Å². The molecule has 0 saturated carbocycles. The number of aliphatic hydroxyl groups excluding tert-OH is 1. The highest BCUT2D eigenvalue weighted by Gasteiger charge is 2.23. The second kappa shape index (κ2) is 7.22. The molecule has 1 unspecified atom stereocenters. The second-order valence-electron chi connectivity index (χ2n) is 5.35. The number of nitrogen functional groups attached to an aromatic ring is 1. The number of nitrogens with two attached hydrogens (primary N) is 1. The molecule has 4 N–H and O–H groups in total. The standard InChI is InChI=1S/C14H23N3O3S/c15-13-7-5-12(6-8-13)14(18)11-16-21(19,20)17-9-3-1-2-4-10-17/h5-8,14,16,18H,1-4,9-11,15H2. The normalized spacial score (nSPS) is 19.1. The van der Waals surface area contributed by atoms with Gasteiger partial charge in [0.1, 0.15) is 0 Å². The average Bonchev–Trinajstić information content (AvgIpc) is 2.75. The van der Waals surface area contributed by atoms with Crippen molar-refractivity contribution in [2.45, 2.75) is 31.8 Å². The lowest BCUT2D eigenvalue weighted by Gasteiger charge is -2.21. The van der Waals surface area contributed by atoms with Crippen molar-refractivity contribution in [3.63, 3.8) is 0 Å². The van der Waals surface area contributed by atoms with E-state index < -0.39 is 16.3 Å². The first-order valence-corrected chi connectivity index (χ1v) is 8.71. The molecule has 1 fully saturated rings. The van der Waals surface area contributed by atoms with Gasteiger partial charge in [-0.3, -0.25) is 0 Å². The minimum atomic E-state index is -3.52. The van der Waals surface area contributed by atoms with Crippen LogP contribution in [0.3, 0.4) is 0 Å². The van der Waals surface area contributed by atoms with Gasteiger partial charge in [-0.25, -0.2) is 0 Å². The summed E-state index contributed by atoms with van der Waals surface area (Å²) in [7, 11) is -3.52. The molecule has 0 aromatic heterocycles. The number of aliphatic hydroxyl groups is 1. The summed E-state index contributed by atoms with van der Waals surface area (Å²) < 4.78 is 28.4. The summed E-state index contributed by atoms with van der Waals surface area (Å²) in [5.41, 5.74) is 6.83. The Labute approximate surface area is 126 Å². The molecule has 1 aromatic carbocycles. The molecule has 1 saturated heterocycles. The van der Waals surface area contributed by atoms with Crippen molar-refractivity contribution in [2.75, 3.05) is 25.4 Å². The SMILES string of the molecule is Nc1ccc(C(O)CNS(=O)(=O)N2CCCCCC2)cc1. The lowest BCUT2D eigenvalue weighted by Crippen LogP contribution is -2.42. The van der Waals surface area contributed by atoms with E-state index >= 15 is 0 Å². The van der Waals surface area contributed by atoms with Gasteiger partial charge < -0.3 is 10.8 Å². The van der Waals surface area contributed by atoms with E-state index in [1.807, 2.05) is 0 Å². The van der Waals surface area contributed by atoms with Gasteiger partial charge in [0.2, 0.25) is 0 Å². The summed E-state index contributed by atoms with van der Waals surface area (Å²) in [6.07, 6.45) is 3.04. The van der Waals surface area contributed by atoms with E-state index in [9.17, 15) is 13.5 Å². The maximum absolute atomic E-state index is 12.2. The minimum Gasteiger partial charge on any atom is -0.399 e. The number of hydrogen-bond donors (Lipinski definition) is 3. The van der Waals surface area contributed by atoms with Gasteiger partial charge in [-0.05, 0) is 30.5 Å². The molecule has 1 aromatic rings. The second-order valence-corrected chi connectivity index (χ2v) is 7.10. The van der Waals surface area contributed by atoms with E-state index in [1.54, 1.807) is 24.3 Å². The molecule has 0 aliphatic carbocycles. The smallest absolute Gasteiger partial charge is 0.279 e. The van der Waals surface area contributed by atoms with Crippen LogP contribution in [0.25, 0.3) is 0 Å². The van der Waals surface area contributed by atoms with Crippen LogP contribution in [0.2, 0.25) is 0 Å². The van der Waals surface area contributed by atoms with Crippen molar-refractivity contribution in [3.8, 4) is 0 Å². The molecule has 6 nitrogen and oxygen atoms in total. The van der Waals surface area contributed by atoms with E-state index in [0.717, 1.165) is 25.7 Å². The van der Waals surface area contributed by atoms with E-state index in [0.29, 0.717) is 24.3 Å². The van der Waals surface area contributed by atoms with Gasteiger partial charge in [0, 0.05) is 25.3 Å². The van der Waals surface area contributed by atoms with Gasteiger partial charge in [0.15, 0.2) is 0 Å². The van der Waals surface area contributed by atoms with Crippen LogP contribution in [0, 0.1) is 0 Å². The van der Waals surface area contributed by atoms with Crippen molar-refractivity contribution in [2.24, 2.45) is 0 Å². The highest BCUT2D eigenvalue weighted by Crippen LogP contribution is 2.16. The predicted molar refractivity (Wildman–Crippen MR) is 82.8 cm³/mol. The van der Waals surface area contributed by atoms with E-state index in [2.05, 4.69) is 4.72 Å². The molecule has 7 heteroatoms. The van der Waals surface area contributed by atoms with Gasteiger partial charge >= 0.3 is 0 Å². The zero-order valence-electron chi connectivity index (χ0n) is 12.0. The van der Waals surface area contributed by atoms with Gasteiger partial charge in [-0.15, -0.1) is 0 Å². The van der Waals surface area contributed by atoms with Crippen LogP contribution in [0.4, 0.5) is 5.69 Å². The summed E-state index contributed by atoms with van der Waals surface area (Å²) in [5.74, 6) is 0. The first kappa shape index (κ1) is 16.2. The number of hydrogen-bond acceptors (Lipinski definition) is 4. The third kappa shape index (κ3) is 4.67. The first-order chi connectivity index (χ1) is 9.99. The van der Waals surface area contributed by atoms with E-state index in [-0.39, 0.29) is 6.54 Å². The van der Waals surface area contributed by atoms with Gasteiger partial charge in [0.05, 0.1) is 6.10 Å². The molecule has 1 aliphatic heterocycles. The fourth-order valence-electron chi connectivity index (χ4n) is 2.39. The Balaban J connectivity index is 1.92. The van der Waals surface area contributed by atoms with Crippen LogP contribution in [-0.2, 0) is 10.2 Å².